The predicted molar refractivity (Wildman–Crippen MR) is 106 cm³/mol. The largest absolute Gasteiger partial charge is 0.297 e. The Morgan fingerprint density at radius 3 is 2.20 bits per heavy atom. The van der Waals surface area contributed by atoms with Crippen LogP contribution in [0.4, 0.5) is 0 Å². The summed E-state index contributed by atoms with van der Waals surface area (Å²) < 4.78 is 0. The lowest BCUT2D eigenvalue weighted by Gasteiger charge is -2.35. The second-order valence-electron chi connectivity index (χ2n) is 7.18. The highest BCUT2D eigenvalue weighted by atomic mass is 15.3. The van der Waals surface area contributed by atoms with Gasteiger partial charge in [0.05, 0.1) is 0 Å². The van der Waals surface area contributed by atoms with Crippen molar-refractivity contribution in [3.05, 3.63) is 83.4 Å². The van der Waals surface area contributed by atoms with E-state index < -0.39 is 0 Å². The van der Waals surface area contributed by atoms with Gasteiger partial charge in [0.2, 0.25) is 0 Å². The molecule has 0 unspecified atom stereocenters. The molecule has 0 aliphatic carbocycles. The third-order valence-electron chi connectivity index (χ3n) is 5.23. The van der Waals surface area contributed by atoms with Crippen molar-refractivity contribution in [3.63, 3.8) is 0 Å². The van der Waals surface area contributed by atoms with Crippen LogP contribution in [0.15, 0.2) is 66.7 Å². The lowest BCUT2D eigenvalue weighted by Crippen LogP contribution is -2.45. The molecule has 1 fully saturated rings. The van der Waals surface area contributed by atoms with E-state index in [0.29, 0.717) is 0 Å². The summed E-state index contributed by atoms with van der Waals surface area (Å²) in [6.07, 6.45) is 0. The molecule has 128 valence electrons. The van der Waals surface area contributed by atoms with Crippen LogP contribution < -0.4 is 0 Å². The summed E-state index contributed by atoms with van der Waals surface area (Å²) in [6, 6.07) is 24.3. The highest BCUT2D eigenvalue weighted by Gasteiger charge is 2.17. The van der Waals surface area contributed by atoms with Gasteiger partial charge in [0.25, 0.3) is 0 Å². The van der Waals surface area contributed by atoms with E-state index in [-0.39, 0.29) is 0 Å². The normalized spacial score (nSPS) is 16.4. The van der Waals surface area contributed by atoms with Crippen molar-refractivity contribution >= 4 is 10.8 Å². The first-order valence-corrected chi connectivity index (χ1v) is 9.25. The molecule has 0 N–H and O–H groups in total. The quantitative estimate of drug-likeness (QED) is 0.696. The Labute approximate surface area is 150 Å². The molecule has 2 heteroatoms. The number of hydrogen-bond donors (Lipinski definition) is 0. The molecule has 0 aromatic heterocycles. The maximum absolute atomic E-state index is 2.59. The van der Waals surface area contributed by atoms with Gasteiger partial charge in [-0.15, -0.1) is 0 Å². The summed E-state index contributed by atoms with van der Waals surface area (Å²) in [6.45, 7) is 8.90. The number of aryl methyl sites for hydroxylation is 1. The molecule has 3 aromatic carbocycles. The van der Waals surface area contributed by atoms with Gasteiger partial charge in [-0.05, 0) is 28.8 Å². The molecular formula is C23H26N2. The van der Waals surface area contributed by atoms with Crippen LogP contribution in [-0.2, 0) is 13.1 Å². The van der Waals surface area contributed by atoms with Crippen LogP contribution in [0, 0.1) is 6.92 Å². The zero-order valence-electron chi connectivity index (χ0n) is 15.0. The summed E-state index contributed by atoms with van der Waals surface area (Å²) in [7, 11) is 0. The maximum Gasteiger partial charge on any atom is 0.0240 e. The van der Waals surface area contributed by atoms with Crippen LogP contribution in [0.1, 0.15) is 16.7 Å². The summed E-state index contributed by atoms with van der Waals surface area (Å²) in [4.78, 5) is 5.17. The van der Waals surface area contributed by atoms with Gasteiger partial charge >= 0.3 is 0 Å². The van der Waals surface area contributed by atoms with Crippen LogP contribution in [-0.4, -0.2) is 36.0 Å². The van der Waals surface area contributed by atoms with Crippen molar-refractivity contribution in [2.45, 2.75) is 20.0 Å². The Balaban J connectivity index is 1.37. The summed E-state index contributed by atoms with van der Waals surface area (Å²) in [5.41, 5.74) is 4.24. The molecule has 4 rings (SSSR count). The van der Waals surface area contributed by atoms with Crippen molar-refractivity contribution in [3.8, 4) is 0 Å². The van der Waals surface area contributed by atoms with Crippen LogP contribution in [0.3, 0.4) is 0 Å². The Morgan fingerprint density at radius 1 is 0.720 bits per heavy atom. The molecule has 3 aromatic rings. The van der Waals surface area contributed by atoms with E-state index >= 15 is 0 Å². The number of rotatable bonds is 4. The van der Waals surface area contributed by atoms with Crippen LogP contribution >= 0.6 is 0 Å². The van der Waals surface area contributed by atoms with E-state index in [4.69, 9.17) is 0 Å². The number of piperazine rings is 1. The van der Waals surface area contributed by atoms with Crippen LogP contribution in [0.5, 0.6) is 0 Å². The number of nitrogens with zero attached hydrogens (tertiary/aromatic N) is 2. The molecule has 0 radical (unpaired) electrons. The van der Waals surface area contributed by atoms with E-state index in [2.05, 4.69) is 83.5 Å². The lowest BCUT2D eigenvalue weighted by atomic mass is 10.0. The molecule has 0 bridgehead atoms. The van der Waals surface area contributed by atoms with Crippen molar-refractivity contribution in [2.24, 2.45) is 0 Å². The van der Waals surface area contributed by atoms with Crippen molar-refractivity contribution in [1.29, 1.82) is 0 Å². The van der Waals surface area contributed by atoms with E-state index in [1.807, 2.05) is 0 Å². The second-order valence-corrected chi connectivity index (χ2v) is 7.18. The van der Waals surface area contributed by atoms with Gasteiger partial charge in [-0.25, -0.2) is 0 Å². The number of hydrogen-bond acceptors (Lipinski definition) is 2. The van der Waals surface area contributed by atoms with Gasteiger partial charge in [-0.2, -0.15) is 0 Å². The third kappa shape index (κ3) is 3.92. The van der Waals surface area contributed by atoms with Crippen molar-refractivity contribution in [1.82, 2.24) is 9.80 Å². The standard InChI is InChI=1S/C23H26N2/c1-19-6-4-7-20(16-19)17-24-12-14-25(15-13-24)18-22-10-5-9-21-8-2-3-11-23(21)22/h2-11,16H,12-15,17-18H2,1H3. The minimum Gasteiger partial charge on any atom is -0.297 e. The Hall–Kier alpha value is -2.16. The summed E-state index contributed by atoms with van der Waals surface area (Å²) in [5, 5.41) is 2.74. The lowest BCUT2D eigenvalue weighted by molar-refractivity contribution is 0.122. The van der Waals surface area contributed by atoms with E-state index in [9.17, 15) is 0 Å². The number of fused-ring (bicyclic) bond motifs is 1. The molecule has 0 atom stereocenters. The Morgan fingerprint density at radius 2 is 1.40 bits per heavy atom. The molecule has 0 saturated carbocycles. The molecule has 25 heavy (non-hydrogen) atoms. The predicted octanol–water partition coefficient (Wildman–Crippen LogP) is 4.47. The highest BCUT2D eigenvalue weighted by Crippen LogP contribution is 2.21. The fourth-order valence-electron chi connectivity index (χ4n) is 3.85. The number of benzene rings is 3. The van der Waals surface area contributed by atoms with Gasteiger partial charge in [0, 0.05) is 39.3 Å². The third-order valence-corrected chi connectivity index (χ3v) is 5.23. The highest BCUT2D eigenvalue weighted by molar-refractivity contribution is 5.85. The first-order chi connectivity index (χ1) is 12.3. The van der Waals surface area contributed by atoms with Gasteiger partial charge < -0.3 is 0 Å². The first-order valence-electron chi connectivity index (χ1n) is 9.25. The maximum atomic E-state index is 2.59. The first kappa shape index (κ1) is 16.3. The molecule has 1 aliphatic rings. The summed E-state index contributed by atoms with van der Waals surface area (Å²) >= 11 is 0. The molecular weight excluding hydrogens is 304 g/mol. The molecule has 0 spiro atoms. The summed E-state index contributed by atoms with van der Waals surface area (Å²) in [5.74, 6) is 0. The van der Waals surface area contributed by atoms with Gasteiger partial charge in [0.15, 0.2) is 0 Å². The molecule has 2 nitrogen and oxygen atoms in total. The minimum atomic E-state index is 1.06. The van der Waals surface area contributed by atoms with Gasteiger partial charge in [-0.3, -0.25) is 9.80 Å². The smallest absolute Gasteiger partial charge is 0.0240 e. The molecule has 1 aliphatic heterocycles. The molecule has 0 amide bonds. The average Bonchev–Trinajstić information content (AvgIpc) is 2.64. The minimum absolute atomic E-state index is 1.06. The van der Waals surface area contributed by atoms with E-state index in [1.165, 1.54) is 27.5 Å². The van der Waals surface area contributed by atoms with Gasteiger partial charge in [0.1, 0.15) is 0 Å². The van der Waals surface area contributed by atoms with Crippen molar-refractivity contribution in [2.75, 3.05) is 26.2 Å². The second kappa shape index (κ2) is 7.38. The Kier molecular flexibility index (Phi) is 4.82. The molecule has 1 saturated heterocycles. The van der Waals surface area contributed by atoms with Crippen LogP contribution in [0.25, 0.3) is 10.8 Å². The van der Waals surface area contributed by atoms with Gasteiger partial charge in [-0.1, -0.05) is 72.3 Å². The zero-order chi connectivity index (χ0) is 17.1. The monoisotopic (exact) mass is 330 g/mol. The van der Waals surface area contributed by atoms with Crippen LogP contribution in [0.2, 0.25) is 0 Å². The van der Waals surface area contributed by atoms with Crippen molar-refractivity contribution < 1.29 is 0 Å². The Bertz CT molecular complexity index is 842. The average molecular weight is 330 g/mol. The fourth-order valence-corrected chi connectivity index (χ4v) is 3.85. The van der Waals surface area contributed by atoms with E-state index in [0.717, 1.165) is 39.3 Å². The topological polar surface area (TPSA) is 6.48 Å². The molecule has 1 heterocycles. The van der Waals surface area contributed by atoms with E-state index in [1.54, 1.807) is 0 Å². The zero-order valence-corrected chi connectivity index (χ0v) is 15.0. The fraction of sp³-hybridized carbons (Fsp3) is 0.304. The SMILES string of the molecule is Cc1cccc(CN2CCN(Cc3cccc4ccccc34)CC2)c1.